The lowest BCUT2D eigenvalue weighted by atomic mass is 9.78. The molecular formula is C25H20ClF3N2O5. The van der Waals surface area contributed by atoms with Gasteiger partial charge in [-0.3, -0.25) is 19.3 Å². The van der Waals surface area contributed by atoms with Crippen LogP contribution in [0.1, 0.15) is 29.3 Å². The van der Waals surface area contributed by atoms with Crippen LogP contribution in [0.4, 0.5) is 24.5 Å². The fraction of sp³-hybridized carbons (Fsp3) is 0.280. The van der Waals surface area contributed by atoms with E-state index in [1.54, 1.807) is 0 Å². The molecule has 3 amide bonds. The van der Waals surface area contributed by atoms with Gasteiger partial charge in [-0.2, -0.15) is 13.2 Å². The number of halogens is 4. The Labute approximate surface area is 208 Å². The van der Waals surface area contributed by atoms with E-state index in [1.807, 2.05) is 19.1 Å². The van der Waals surface area contributed by atoms with Crippen LogP contribution in [0.5, 0.6) is 0 Å². The Hall–Kier alpha value is -3.66. The van der Waals surface area contributed by atoms with E-state index in [9.17, 15) is 32.3 Å². The van der Waals surface area contributed by atoms with Crippen LogP contribution in [0.3, 0.4) is 0 Å². The zero-order valence-corrected chi connectivity index (χ0v) is 19.6. The van der Waals surface area contributed by atoms with Crippen LogP contribution in [0.25, 0.3) is 0 Å². The zero-order valence-electron chi connectivity index (χ0n) is 18.8. The third-order valence-corrected chi connectivity index (χ3v) is 6.47. The summed E-state index contributed by atoms with van der Waals surface area (Å²) in [7, 11) is 0. The SMILES string of the molecule is C[C@@H]1C=CC[C@@H]2C(=O)N(c3ccc(C(=O)OCC(=O)Nc4cc(C(F)(F)F)ccc4Cl)cc3)C(=O)[C@@H]12. The van der Waals surface area contributed by atoms with E-state index >= 15 is 0 Å². The van der Waals surface area contributed by atoms with Crippen molar-refractivity contribution in [2.45, 2.75) is 19.5 Å². The largest absolute Gasteiger partial charge is 0.452 e. The molecule has 2 aliphatic rings. The van der Waals surface area contributed by atoms with Crippen molar-refractivity contribution >= 4 is 46.7 Å². The Kier molecular flexibility index (Phi) is 6.90. The summed E-state index contributed by atoms with van der Waals surface area (Å²) in [6, 6.07) is 8.02. The van der Waals surface area contributed by atoms with Gasteiger partial charge >= 0.3 is 12.1 Å². The number of allylic oxidation sites excluding steroid dienone is 2. The number of imide groups is 1. The van der Waals surface area contributed by atoms with Crippen LogP contribution >= 0.6 is 11.6 Å². The van der Waals surface area contributed by atoms with E-state index in [0.717, 1.165) is 17.0 Å². The van der Waals surface area contributed by atoms with Crippen molar-refractivity contribution in [2.75, 3.05) is 16.8 Å². The van der Waals surface area contributed by atoms with Crippen LogP contribution in [-0.4, -0.2) is 30.3 Å². The number of carbonyl (C=O) groups excluding carboxylic acids is 4. The number of hydrogen-bond acceptors (Lipinski definition) is 5. The maximum Gasteiger partial charge on any atom is 0.416 e. The van der Waals surface area contributed by atoms with E-state index in [0.29, 0.717) is 18.2 Å². The van der Waals surface area contributed by atoms with Crippen molar-refractivity contribution in [2.24, 2.45) is 17.8 Å². The first kappa shape index (κ1) is 25.4. The normalized spacial score (nSPS) is 21.4. The predicted octanol–water partition coefficient (Wildman–Crippen LogP) is 4.86. The summed E-state index contributed by atoms with van der Waals surface area (Å²) in [6.07, 6.45) is -0.308. The minimum absolute atomic E-state index is 0.0511. The molecule has 0 aromatic heterocycles. The van der Waals surface area contributed by atoms with E-state index in [-0.39, 0.29) is 34.0 Å². The molecule has 2 aromatic rings. The average Bonchev–Trinajstić information content (AvgIpc) is 3.09. The van der Waals surface area contributed by atoms with Crippen molar-refractivity contribution in [1.29, 1.82) is 0 Å². The fourth-order valence-electron chi connectivity index (χ4n) is 4.35. The third-order valence-electron chi connectivity index (χ3n) is 6.14. The molecule has 1 heterocycles. The number of benzene rings is 2. The number of anilines is 2. The van der Waals surface area contributed by atoms with E-state index in [2.05, 4.69) is 5.32 Å². The average molecular weight is 521 g/mol. The summed E-state index contributed by atoms with van der Waals surface area (Å²) in [6.45, 7) is 1.11. The van der Waals surface area contributed by atoms with Crippen LogP contribution < -0.4 is 10.2 Å². The van der Waals surface area contributed by atoms with Gasteiger partial charge in [-0.1, -0.05) is 30.7 Å². The number of rotatable bonds is 5. The van der Waals surface area contributed by atoms with Gasteiger partial charge in [0.15, 0.2) is 6.61 Å². The lowest BCUT2D eigenvalue weighted by Crippen LogP contribution is -2.31. The first-order valence-electron chi connectivity index (χ1n) is 11.0. The van der Waals surface area contributed by atoms with Crippen molar-refractivity contribution in [3.05, 3.63) is 70.8 Å². The second kappa shape index (κ2) is 9.77. The van der Waals surface area contributed by atoms with Gasteiger partial charge in [-0.25, -0.2) is 4.79 Å². The number of nitrogens with zero attached hydrogens (tertiary/aromatic N) is 1. The van der Waals surface area contributed by atoms with E-state index in [4.69, 9.17) is 16.3 Å². The second-order valence-corrected chi connectivity index (χ2v) is 8.94. The predicted molar refractivity (Wildman–Crippen MR) is 124 cm³/mol. The Morgan fingerprint density at radius 2 is 1.81 bits per heavy atom. The van der Waals surface area contributed by atoms with Gasteiger partial charge in [0.25, 0.3) is 5.91 Å². The number of hydrogen-bond donors (Lipinski definition) is 1. The summed E-state index contributed by atoms with van der Waals surface area (Å²) in [5, 5.41) is 2.06. The van der Waals surface area contributed by atoms with Gasteiger partial charge in [0.1, 0.15) is 0 Å². The van der Waals surface area contributed by atoms with Gasteiger partial charge in [0.2, 0.25) is 11.8 Å². The first-order valence-corrected chi connectivity index (χ1v) is 11.3. The number of fused-ring (bicyclic) bond motifs is 1. The minimum atomic E-state index is -4.62. The minimum Gasteiger partial charge on any atom is -0.452 e. The van der Waals surface area contributed by atoms with Gasteiger partial charge in [-0.05, 0) is 54.8 Å². The monoisotopic (exact) mass is 520 g/mol. The molecular weight excluding hydrogens is 501 g/mol. The molecule has 7 nitrogen and oxygen atoms in total. The Morgan fingerprint density at radius 3 is 2.44 bits per heavy atom. The van der Waals surface area contributed by atoms with Gasteiger partial charge in [-0.15, -0.1) is 0 Å². The molecule has 0 radical (unpaired) electrons. The Bertz CT molecular complexity index is 1260. The second-order valence-electron chi connectivity index (χ2n) is 8.53. The smallest absolute Gasteiger partial charge is 0.416 e. The van der Waals surface area contributed by atoms with Gasteiger partial charge in [0, 0.05) is 0 Å². The maximum absolute atomic E-state index is 12.9. The van der Waals surface area contributed by atoms with Gasteiger partial charge in [0.05, 0.1) is 39.4 Å². The van der Waals surface area contributed by atoms with Crippen LogP contribution in [-0.2, 0) is 25.3 Å². The highest BCUT2D eigenvalue weighted by Crippen LogP contribution is 2.40. The van der Waals surface area contributed by atoms with Crippen LogP contribution in [0.15, 0.2) is 54.6 Å². The summed E-state index contributed by atoms with van der Waals surface area (Å²) < 4.78 is 43.6. The fourth-order valence-corrected chi connectivity index (χ4v) is 4.51. The highest BCUT2D eigenvalue weighted by molar-refractivity contribution is 6.33. The molecule has 4 rings (SSSR count). The highest BCUT2D eigenvalue weighted by atomic mass is 35.5. The molecule has 11 heteroatoms. The lowest BCUT2D eigenvalue weighted by Gasteiger charge is -2.22. The number of esters is 1. The van der Waals surface area contributed by atoms with E-state index in [1.165, 1.54) is 24.3 Å². The molecule has 0 bridgehead atoms. The number of nitrogens with one attached hydrogen (secondary N) is 1. The molecule has 36 heavy (non-hydrogen) atoms. The highest BCUT2D eigenvalue weighted by Gasteiger charge is 2.50. The Balaban J connectivity index is 1.37. The molecule has 1 saturated heterocycles. The number of carbonyl (C=O) groups is 4. The molecule has 1 aliphatic heterocycles. The molecule has 0 spiro atoms. The molecule has 1 N–H and O–H groups in total. The van der Waals surface area contributed by atoms with Crippen molar-refractivity contribution < 1.29 is 37.1 Å². The van der Waals surface area contributed by atoms with E-state index < -0.39 is 42.1 Å². The van der Waals surface area contributed by atoms with Crippen molar-refractivity contribution in [3.63, 3.8) is 0 Å². The molecule has 1 aliphatic carbocycles. The standard InChI is InChI=1S/C25H20ClF3N2O5/c1-13-3-2-4-17-21(13)23(34)31(22(17)33)16-8-5-14(6-9-16)24(35)36-12-20(32)30-19-11-15(25(27,28)29)7-10-18(19)26/h2-3,5-11,13,17,21H,4,12H2,1H3,(H,30,32)/t13-,17+,21+/m1/s1. The Morgan fingerprint density at radius 1 is 1.11 bits per heavy atom. The summed E-state index contributed by atoms with van der Waals surface area (Å²) in [5.41, 5.74) is -0.906. The van der Waals surface area contributed by atoms with Crippen LogP contribution in [0.2, 0.25) is 5.02 Å². The molecule has 0 saturated carbocycles. The number of alkyl halides is 3. The molecule has 2 aromatic carbocycles. The summed E-state index contributed by atoms with van der Waals surface area (Å²) >= 11 is 5.84. The molecule has 3 atom stereocenters. The summed E-state index contributed by atoms with van der Waals surface area (Å²) in [5.74, 6) is -3.24. The molecule has 0 unspecified atom stereocenters. The van der Waals surface area contributed by atoms with Crippen molar-refractivity contribution in [3.8, 4) is 0 Å². The van der Waals surface area contributed by atoms with Crippen LogP contribution in [0, 0.1) is 17.8 Å². The quantitative estimate of drug-likeness (QED) is 0.345. The zero-order chi connectivity index (χ0) is 26.2. The lowest BCUT2D eigenvalue weighted by molar-refractivity contribution is -0.137. The number of amides is 3. The van der Waals surface area contributed by atoms with Crippen molar-refractivity contribution in [1.82, 2.24) is 0 Å². The summed E-state index contributed by atoms with van der Waals surface area (Å²) in [4.78, 5) is 51.2. The maximum atomic E-state index is 12.9. The van der Waals surface area contributed by atoms with Gasteiger partial charge < -0.3 is 10.1 Å². The first-order chi connectivity index (χ1) is 17.0. The molecule has 1 fully saturated rings. The molecule has 188 valence electrons. The number of ether oxygens (including phenoxy) is 1. The third kappa shape index (κ3) is 4.99. The topological polar surface area (TPSA) is 92.8 Å².